The minimum atomic E-state index is -1.89. The summed E-state index contributed by atoms with van der Waals surface area (Å²) in [6, 6.07) is 3.47. The van der Waals surface area contributed by atoms with Crippen LogP contribution in [0.15, 0.2) is 12.1 Å². The van der Waals surface area contributed by atoms with Gasteiger partial charge in [0.15, 0.2) is 5.60 Å². The monoisotopic (exact) mass is 291 g/mol. The molecule has 0 aromatic heterocycles. The summed E-state index contributed by atoms with van der Waals surface area (Å²) < 4.78 is 4.51. The molecule has 0 radical (unpaired) electrons. The van der Waals surface area contributed by atoms with Crippen molar-refractivity contribution in [3.63, 3.8) is 0 Å². The van der Waals surface area contributed by atoms with E-state index < -0.39 is 23.3 Å². The van der Waals surface area contributed by atoms with Crippen LogP contribution in [0.25, 0.3) is 0 Å². The van der Waals surface area contributed by atoms with Gasteiger partial charge in [-0.1, -0.05) is 6.07 Å². The molecule has 2 rings (SSSR count). The third-order valence-corrected chi connectivity index (χ3v) is 3.49. The van der Waals surface area contributed by atoms with E-state index in [1.807, 2.05) is 13.0 Å². The lowest BCUT2D eigenvalue weighted by Gasteiger charge is -2.27. The lowest BCUT2D eigenvalue weighted by molar-refractivity contribution is -0.159. The van der Waals surface area contributed by atoms with E-state index in [2.05, 4.69) is 4.74 Å². The number of rotatable bonds is 3. The van der Waals surface area contributed by atoms with Gasteiger partial charge in [0.05, 0.1) is 24.9 Å². The SMILES string of the molecule is COC(=O)C(C)(O)CN1C(=O)C(=O)c2cc(C)cc(C)c21. The number of benzene rings is 1. The zero-order chi connectivity index (χ0) is 15.9. The number of β-amino-alcohol motifs (C(OH)–C–C–N with tert-alkyl or cyclic N) is 1. The lowest BCUT2D eigenvalue weighted by atomic mass is 10.0. The van der Waals surface area contributed by atoms with Gasteiger partial charge in [0.1, 0.15) is 0 Å². The molecular weight excluding hydrogens is 274 g/mol. The van der Waals surface area contributed by atoms with Crippen molar-refractivity contribution in [2.45, 2.75) is 26.4 Å². The number of ketones is 1. The molecule has 1 unspecified atom stereocenters. The highest BCUT2D eigenvalue weighted by atomic mass is 16.5. The molecule has 1 atom stereocenters. The molecule has 1 amide bonds. The Morgan fingerprint density at radius 2 is 1.95 bits per heavy atom. The van der Waals surface area contributed by atoms with E-state index in [1.54, 1.807) is 13.0 Å². The minimum absolute atomic E-state index is 0.304. The number of aryl methyl sites for hydroxylation is 2. The van der Waals surface area contributed by atoms with E-state index in [4.69, 9.17) is 0 Å². The Bertz CT molecular complexity index is 648. The van der Waals surface area contributed by atoms with Gasteiger partial charge in [-0.15, -0.1) is 0 Å². The fourth-order valence-electron chi connectivity index (χ4n) is 2.57. The second kappa shape index (κ2) is 4.96. The molecule has 1 aliphatic rings. The highest BCUT2D eigenvalue weighted by molar-refractivity contribution is 6.52. The molecule has 1 aliphatic heterocycles. The summed E-state index contributed by atoms with van der Waals surface area (Å²) in [7, 11) is 1.15. The molecular formula is C15H17NO5. The van der Waals surface area contributed by atoms with E-state index in [0.29, 0.717) is 11.3 Å². The summed E-state index contributed by atoms with van der Waals surface area (Å²) >= 11 is 0. The molecule has 6 nitrogen and oxygen atoms in total. The molecule has 0 spiro atoms. The van der Waals surface area contributed by atoms with Crippen molar-refractivity contribution in [1.29, 1.82) is 0 Å². The molecule has 1 N–H and O–H groups in total. The van der Waals surface area contributed by atoms with Gasteiger partial charge >= 0.3 is 5.97 Å². The molecule has 0 saturated heterocycles. The number of ether oxygens (including phenoxy) is 1. The van der Waals surface area contributed by atoms with Crippen molar-refractivity contribution < 1.29 is 24.2 Å². The van der Waals surface area contributed by atoms with Gasteiger partial charge < -0.3 is 14.7 Å². The van der Waals surface area contributed by atoms with Crippen LogP contribution in [0.3, 0.4) is 0 Å². The smallest absolute Gasteiger partial charge is 0.339 e. The summed E-state index contributed by atoms with van der Waals surface area (Å²) in [4.78, 5) is 36.9. The van der Waals surface area contributed by atoms with Crippen molar-refractivity contribution >= 4 is 23.3 Å². The highest BCUT2D eigenvalue weighted by Crippen LogP contribution is 2.34. The van der Waals surface area contributed by atoms with Crippen LogP contribution >= 0.6 is 0 Å². The third kappa shape index (κ3) is 2.42. The molecule has 0 bridgehead atoms. The number of hydrogen-bond acceptors (Lipinski definition) is 5. The van der Waals surface area contributed by atoms with E-state index in [9.17, 15) is 19.5 Å². The fourth-order valence-corrected chi connectivity index (χ4v) is 2.57. The van der Waals surface area contributed by atoms with Crippen LogP contribution in [0.2, 0.25) is 0 Å². The normalized spacial score (nSPS) is 16.7. The Hall–Kier alpha value is -2.21. The summed E-state index contributed by atoms with van der Waals surface area (Å²) in [6.07, 6.45) is 0. The topological polar surface area (TPSA) is 83.9 Å². The predicted molar refractivity (Wildman–Crippen MR) is 75.2 cm³/mol. The number of hydrogen-bond donors (Lipinski definition) is 1. The Morgan fingerprint density at radius 1 is 1.33 bits per heavy atom. The average Bonchev–Trinajstić information content (AvgIpc) is 2.63. The van der Waals surface area contributed by atoms with Crippen LogP contribution in [0.5, 0.6) is 0 Å². The number of anilines is 1. The fraction of sp³-hybridized carbons (Fsp3) is 0.400. The Balaban J connectivity index is 2.47. The quantitative estimate of drug-likeness (QED) is 0.656. The first kappa shape index (κ1) is 15.2. The van der Waals surface area contributed by atoms with Gasteiger partial charge in [-0.3, -0.25) is 9.59 Å². The van der Waals surface area contributed by atoms with Gasteiger partial charge in [-0.05, 0) is 38.0 Å². The number of nitrogens with zero attached hydrogens (tertiary/aromatic N) is 1. The molecule has 6 heteroatoms. The molecule has 21 heavy (non-hydrogen) atoms. The van der Waals surface area contributed by atoms with Gasteiger partial charge in [0.2, 0.25) is 0 Å². The van der Waals surface area contributed by atoms with Gasteiger partial charge in [-0.25, -0.2) is 4.79 Å². The van der Waals surface area contributed by atoms with E-state index in [-0.39, 0.29) is 6.54 Å². The summed E-state index contributed by atoms with van der Waals surface area (Å²) in [5.74, 6) is -2.23. The van der Waals surface area contributed by atoms with Gasteiger partial charge in [0, 0.05) is 0 Å². The molecule has 0 aliphatic carbocycles. The average molecular weight is 291 g/mol. The number of carbonyl (C=O) groups excluding carboxylic acids is 3. The predicted octanol–water partition coefficient (Wildman–Crippen LogP) is 0.757. The van der Waals surface area contributed by atoms with E-state index in [1.165, 1.54) is 6.92 Å². The third-order valence-electron chi connectivity index (χ3n) is 3.49. The minimum Gasteiger partial charge on any atom is -0.467 e. The summed E-state index contributed by atoms with van der Waals surface area (Å²) in [6.45, 7) is 4.52. The molecule has 112 valence electrons. The Labute approximate surface area is 122 Å². The molecule has 0 fully saturated rings. The first-order chi connectivity index (χ1) is 9.69. The molecule has 0 saturated carbocycles. The Morgan fingerprint density at radius 3 is 2.52 bits per heavy atom. The zero-order valence-electron chi connectivity index (χ0n) is 12.4. The van der Waals surface area contributed by atoms with Crippen molar-refractivity contribution in [1.82, 2.24) is 0 Å². The van der Waals surface area contributed by atoms with Crippen LogP contribution in [0, 0.1) is 13.8 Å². The van der Waals surface area contributed by atoms with Crippen LogP contribution in [0.1, 0.15) is 28.4 Å². The van der Waals surface area contributed by atoms with Crippen molar-refractivity contribution in [2.24, 2.45) is 0 Å². The first-order valence-electron chi connectivity index (χ1n) is 6.47. The number of Topliss-reactive ketones (excluding diaryl/α,β-unsaturated/α-hetero) is 1. The molecule has 1 aromatic rings. The number of aliphatic hydroxyl groups is 1. The Kier molecular flexibility index (Phi) is 3.59. The van der Waals surface area contributed by atoms with Gasteiger partial charge in [-0.2, -0.15) is 0 Å². The first-order valence-corrected chi connectivity index (χ1v) is 6.47. The van der Waals surface area contributed by atoms with Crippen LogP contribution < -0.4 is 4.90 Å². The van der Waals surface area contributed by atoms with Crippen molar-refractivity contribution in [3.8, 4) is 0 Å². The lowest BCUT2D eigenvalue weighted by Crippen LogP contribution is -2.49. The van der Waals surface area contributed by atoms with Crippen molar-refractivity contribution in [3.05, 3.63) is 28.8 Å². The summed E-state index contributed by atoms with van der Waals surface area (Å²) in [5, 5.41) is 10.1. The van der Waals surface area contributed by atoms with E-state index in [0.717, 1.165) is 23.1 Å². The number of methoxy groups -OCH3 is 1. The summed E-state index contributed by atoms with van der Waals surface area (Å²) in [5.41, 5.74) is 0.473. The van der Waals surface area contributed by atoms with Crippen LogP contribution in [-0.4, -0.2) is 42.0 Å². The highest BCUT2D eigenvalue weighted by Gasteiger charge is 2.43. The maximum absolute atomic E-state index is 12.1. The number of amides is 1. The molecule has 1 aromatic carbocycles. The standard InChI is InChI=1S/C15H17NO5/c1-8-5-9(2)11-10(6-8)12(17)13(18)16(11)7-15(3,20)14(19)21-4/h5-6,20H,7H2,1-4H3. The number of fused-ring (bicyclic) bond motifs is 1. The van der Waals surface area contributed by atoms with Crippen LogP contribution in [-0.2, 0) is 14.3 Å². The largest absolute Gasteiger partial charge is 0.467 e. The number of carbonyl (C=O) groups is 3. The maximum atomic E-state index is 12.1. The van der Waals surface area contributed by atoms with Gasteiger partial charge in [0.25, 0.3) is 11.7 Å². The second-order valence-electron chi connectivity index (χ2n) is 5.46. The zero-order valence-corrected chi connectivity index (χ0v) is 12.4. The molecule has 1 heterocycles. The van der Waals surface area contributed by atoms with Crippen molar-refractivity contribution in [2.75, 3.05) is 18.6 Å². The maximum Gasteiger partial charge on any atom is 0.339 e. The number of esters is 1. The van der Waals surface area contributed by atoms with Crippen LogP contribution in [0.4, 0.5) is 5.69 Å². The van der Waals surface area contributed by atoms with E-state index >= 15 is 0 Å². The second-order valence-corrected chi connectivity index (χ2v) is 5.46.